The molecule has 28 heavy (non-hydrogen) atoms. The number of nitrogens with zero attached hydrogens (tertiary/aromatic N) is 1. The van der Waals surface area contributed by atoms with Gasteiger partial charge < -0.3 is 4.74 Å². The zero-order valence-corrected chi connectivity index (χ0v) is 15.5. The summed E-state index contributed by atoms with van der Waals surface area (Å²) in [5, 5.41) is 0. The Morgan fingerprint density at radius 1 is 1.11 bits per heavy atom. The van der Waals surface area contributed by atoms with Crippen molar-refractivity contribution in [1.82, 2.24) is 4.90 Å². The van der Waals surface area contributed by atoms with Crippen LogP contribution in [-0.4, -0.2) is 24.4 Å². The zero-order chi connectivity index (χ0) is 19.9. The molecule has 2 atom stereocenters. The molecule has 0 spiro atoms. The number of halogens is 4. The van der Waals surface area contributed by atoms with Gasteiger partial charge in [-0.3, -0.25) is 4.90 Å². The first-order valence-electron chi connectivity index (χ1n) is 9.45. The Balaban J connectivity index is 1.24. The van der Waals surface area contributed by atoms with Crippen LogP contribution in [0, 0.1) is 36.9 Å². The number of ether oxygens (including phenoxy) is 1. The predicted octanol–water partition coefficient (Wildman–Crippen LogP) is 5.35. The van der Waals surface area contributed by atoms with Crippen LogP contribution in [0.2, 0.25) is 0 Å². The number of benzene rings is 2. The van der Waals surface area contributed by atoms with E-state index in [0.29, 0.717) is 23.3 Å². The number of rotatable bonds is 6. The summed E-state index contributed by atoms with van der Waals surface area (Å²) in [5.74, 6) is 1.49. The Bertz CT molecular complexity index is 839. The number of aryl methyl sites for hydroxylation is 1. The molecular formula is C22H22F4NO. The maximum absolute atomic E-state index is 13.7. The Hall–Kier alpha value is -2.08. The summed E-state index contributed by atoms with van der Waals surface area (Å²) in [4.78, 5) is 2.35. The van der Waals surface area contributed by atoms with Crippen molar-refractivity contribution in [2.24, 2.45) is 17.8 Å². The van der Waals surface area contributed by atoms with Crippen molar-refractivity contribution in [1.29, 1.82) is 0 Å². The van der Waals surface area contributed by atoms with Gasteiger partial charge in [0.25, 0.3) is 0 Å². The maximum atomic E-state index is 13.7. The molecule has 2 unspecified atom stereocenters. The summed E-state index contributed by atoms with van der Waals surface area (Å²) in [7, 11) is 0. The molecule has 4 rings (SSSR count). The lowest BCUT2D eigenvalue weighted by Gasteiger charge is -2.19. The highest BCUT2D eigenvalue weighted by Gasteiger charge is 2.54. The molecule has 1 heterocycles. The number of likely N-dealkylation sites (tertiary alicyclic amines) is 1. The van der Waals surface area contributed by atoms with Crippen LogP contribution in [0.4, 0.5) is 17.6 Å². The van der Waals surface area contributed by atoms with Crippen molar-refractivity contribution in [2.45, 2.75) is 26.3 Å². The number of hydrogen-bond acceptors (Lipinski definition) is 2. The van der Waals surface area contributed by atoms with Crippen molar-refractivity contribution in [3.63, 3.8) is 0 Å². The molecule has 2 fully saturated rings. The van der Waals surface area contributed by atoms with E-state index < -0.39 is 6.36 Å². The smallest absolute Gasteiger partial charge is 0.406 e. The molecule has 1 saturated heterocycles. The van der Waals surface area contributed by atoms with E-state index in [-0.39, 0.29) is 11.6 Å². The summed E-state index contributed by atoms with van der Waals surface area (Å²) in [6.45, 7) is 4.51. The molecule has 1 saturated carbocycles. The van der Waals surface area contributed by atoms with E-state index in [1.54, 1.807) is 25.1 Å². The van der Waals surface area contributed by atoms with Crippen LogP contribution in [-0.2, 0) is 6.54 Å². The fraction of sp³-hybridized carbons (Fsp3) is 0.409. The number of fused-ring (bicyclic) bond motifs is 1. The van der Waals surface area contributed by atoms with Crippen molar-refractivity contribution in [2.75, 3.05) is 13.1 Å². The minimum atomic E-state index is -4.67. The Kier molecular flexibility index (Phi) is 5.08. The van der Waals surface area contributed by atoms with E-state index in [1.807, 2.05) is 18.6 Å². The zero-order valence-electron chi connectivity index (χ0n) is 15.5. The molecule has 1 aliphatic carbocycles. The summed E-state index contributed by atoms with van der Waals surface area (Å²) < 4.78 is 54.6. The van der Waals surface area contributed by atoms with Crippen LogP contribution in [0.5, 0.6) is 5.75 Å². The van der Waals surface area contributed by atoms with Gasteiger partial charge in [-0.2, -0.15) is 0 Å². The summed E-state index contributed by atoms with van der Waals surface area (Å²) in [6.07, 6.45) is -1.82. The summed E-state index contributed by atoms with van der Waals surface area (Å²) >= 11 is 0. The van der Waals surface area contributed by atoms with Crippen LogP contribution in [0.3, 0.4) is 0 Å². The van der Waals surface area contributed by atoms with Crippen LogP contribution in [0.25, 0.3) is 0 Å². The molecule has 0 N–H and O–H groups in total. The van der Waals surface area contributed by atoms with Gasteiger partial charge in [-0.05, 0) is 72.4 Å². The van der Waals surface area contributed by atoms with Gasteiger partial charge in [0.05, 0.1) is 0 Å². The van der Waals surface area contributed by atoms with Gasteiger partial charge in [0.1, 0.15) is 11.6 Å². The minimum Gasteiger partial charge on any atom is -0.406 e. The van der Waals surface area contributed by atoms with Crippen molar-refractivity contribution < 1.29 is 22.3 Å². The summed E-state index contributed by atoms with van der Waals surface area (Å²) in [5.41, 5.74) is 2.40. The van der Waals surface area contributed by atoms with Crippen molar-refractivity contribution in [3.05, 3.63) is 71.4 Å². The molecule has 0 aromatic heterocycles. The predicted molar refractivity (Wildman–Crippen MR) is 98.0 cm³/mol. The van der Waals surface area contributed by atoms with E-state index in [4.69, 9.17) is 0 Å². The van der Waals surface area contributed by atoms with Gasteiger partial charge in [0.15, 0.2) is 0 Å². The maximum Gasteiger partial charge on any atom is 0.573 e. The van der Waals surface area contributed by atoms with E-state index in [0.717, 1.165) is 37.2 Å². The van der Waals surface area contributed by atoms with E-state index in [9.17, 15) is 17.6 Å². The van der Waals surface area contributed by atoms with Crippen LogP contribution >= 0.6 is 0 Å². The van der Waals surface area contributed by atoms with Gasteiger partial charge in [-0.15, -0.1) is 13.2 Å². The van der Waals surface area contributed by atoms with Crippen molar-refractivity contribution in [3.8, 4) is 5.75 Å². The second-order valence-corrected chi connectivity index (χ2v) is 7.83. The highest BCUT2D eigenvalue weighted by atomic mass is 19.4. The topological polar surface area (TPSA) is 12.5 Å². The SMILES string of the molecule is Cc1ccc(CN2CC3C(C[CH]c4cccc(OC(F)(F)F)c4)C3C2)cc1F. The third kappa shape index (κ3) is 4.49. The van der Waals surface area contributed by atoms with E-state index in [1.165, 1.54) is 12.1 Å². The van der Waals surface area contributed by atoms with Gasteiger partial charge in [0, 0.05) is 19.6 Å². The Labute approximate surface area is 162 Å². The third-order valence-corrected chi connectivity index (χ3v) is 5.81. The molecular weight excluding hydrogens is 370 g/mol. The Morgan fingerprint density at radius 2 is 1.86 bits per heavy atom. The lowest BCUT2D eigenvalue weighted by molar-refractivity contribution is -0.274. The lowest BCUT2D eigenvalue weighted by atomic mass is 10.0. The summed E-state index contributed by atoms with van der Waals surface area (Å²) in [6, 6.07) is 11.5. The van der Waals surface area contributed by atoms with E-state index >= 15 is 0 Å². The highest BCUT2D eigenvalue weighted by molar-refractivity contribution is 5.33. The molecule has 1 aliphatic heterocycles. The Morgan fingerprint density at radius 3 is 2.54 bits per heavy atom. The van der Waals surface area contributed by atoms with Crippen LogP contribution in [0.1, 0.15) is 23.1 Å². The standard InChI is InChI=1S/C22H22F4NO/c1-14-5-6-16(10-21(14)23)11-27-12-19-18(20(19)13-27)8-7-15-3-2-4-17(9-15)28-22(24,25)26/h2-7,9-10,18-20H,8,11-13H2,1H3. The first-order chi connectivity index (χ1) is 13.3. The monoisotopic (exact) mass is 392 g/mol. The van der Waals surface area contributed by atoms with Crippen LogP contribution in [0.15, 0.2) is 42.5 Å². The molecule has 6 heteroatoms. The van der Waals surface area contributed by atoms with Gasteiger partial charge >= 0.3 is 6.36 Å². The average Bonchev–Trinajstić information content (AvgIpc) is 3.06. The normalized spacial score (nSPS) is 24.2. The highest BCUT2D eigenvalue weighted by Crippen LogP contribution is 2.54. The van der Waals surface area contributed by atoms with Gasteiger partial charge in [-0.1, -0.05) is 24.3 Å². The third-order valence-electron chi connectivity index (χ3n) is 5.81. The van der Waals surface area contributed by atoms with Gasteiger partial charge in [0.2, 0.25) is 0 Å². The molecule has 149 valence electrons. The molecule has 0 bridgehead atoms. The quantitative estimate of drug-likeness (QED) is 0.614. The largest absolute Gasteiger partial charge is 0.573 e. The number of piperidine rings is 1. The van der Waals surface area contributed by atoms with Crippen molar-refractivity contribution >= 4 is 0 Å². The molecule has 2 aromatic rings. The first kappa shape index (κ1) is 19.2. The molecule has 2 aromatic carbocycles. The van der Waals surface area contributed by atoms with Crippen LogP contribution < -0.4 is 4.74 Å². The van der Waals surface area contributed by atoms with Gasteiger partial charge in [-0.25, -0.2) is 4.39 Å². The number of alkyl halides is 3. The molecule has 1 radical (unpaired) electrons. The fourth-order valence-electron chi connectivity index (χ4n) is 4.32. The second kappa shape index (κ2) is 7.39. The van der Waals surface area contributed by atoms with E-state index in [2.05, 4.69) is 9.64 Å². The second-order valence-electron chi connectivity index (χ2n) is 7.83. The fourth-order valence-corrected chi connectivity index (χ4v) is 4.32. The lowest BCUT2D eigenvalue weighted by Crippen LogP contribution is -2.24. The number of hydrogen-bond donors (Lipinski definition) is 0. The molecule has 2 aliphatic rings. The first-order valence-corrected chi connectivity index (χ1v) is 9.45. The molecule has 2 nitrogen and oxygen atoms in total. The molecule has 0 amide bonds. The average molecular weight is 392 g/mol. The minimum absolute atomic E-state index is 0.161.